The monoisotopic (exact) mass is 394 g/mol. The van der Waals surface area contributed by atoms with Crippen LogP contribution in [-0.2, 0) is 6.54 Å². The van der Waals surface area contributed by atoms with E-state index in [-0.39, 0.29) is 11.2 Å². The van der Waals surface area contributed by atoms with E-state index in [0.717, 1.165) is 23.2 Å². The van der Waals surface area contributed by atoms with E-state index < -0.39 is 18.7 Å². The van der Waals surface area contributed by atoms with Crippen LogP contribution in [0.3, 0.4) is 0 Å². The van der Waals surface area contributed by atoms with Crippen LogP contribution in [0.4, 0.5) is 23.4 Å². The van der Waals surface area contributed by atoms with Gasteiger partial charge in [-0.25, -0.2) is 17.6 Å². The van der Waals surface area contributed by atoms with Crippen molar-refractivity contribution in [3.8, 4) is 0 Å². The lowest BCUT2D eigenvalue weighted by atomic mass is 10.1. The summed E-state index contributed by atoms with van der Waals surface area (Å²) in [5.41, 5.74) is 1.28. The largest absolute Gasteiger partial charge is 0.353 e. The number of aromatic nitrogens is 4. The quantitative estimate of drug-likeness (QED) is 0.622. The van der Waals surface area contributed by atoms with E-state index in [1.54, 1.807) is 24.3 Å². The molecule has 148 valence electrons. The maximum atomic E-state index is 13.0. The Morgan fingerprint density at radius 2 is 1.54 bits per heavy atom. The Morgan fingerprint density at radius 1 is 0.821 bits per heavy atom. The van der Waals surface area contributed by atoms with Crippen LogP contribution in [-0.4, -0.2) is 50.9 Å². The molecular weight excluding hydrogens is 376 g/mol. The molecule has 0 bridgehead atoms. The van der Waals surface area contributed by atoms with Crippen LogP contribution < -0.4 is 4.90 Å². The van der Waals surface area contributed by atoms with E-state index >= 15 is 0 Å². The van der Waals surface area contributed by atoms with Crippen LogP contribution in [0, 0.1) is 0 Å². The molecule has 1 fully saturated rings. The zero-order valence-electron chi connectivity index (χ0n) is 14.8. The lowest BCUT2D eigenvalue weighted by Crippen LogP contribution is -2.46. The molecule has 6 nitrogen and oxygen atoms in total. The number of halogens is 4. The Morgan fingerprint density at radius 3 is 2.18 bits per heavy atom. The molecule has 3 aromatic rings. The summed E-state index contributed by atoms with van der Waals surface area (Å²) < 4.78 is 52.4. The molecule has 28 heavy (non-hydrogen) atoms. The molecule has 0 unspecified atom stereocenters. The molecule has 0 spiro atoms. The molecule has 1 aromatic carbocycles. The first-order chi connectivity index (χ1) is 13.5. The van der Waals surface area contributed by atoms with Crippen LogP contribution >= 0.6 is 0 Å². The number of alkyl halides is 4. The van der Waals surface area contributed by atoms with Gasteiger partial charge in [0.25, 0.3) is 12.9 Å². The third kappa shape index (κ3) is 3.77. The van der Waals surface area contributed by atoms with Crippen LogP contribution in [0.1, 0.15) is 29.8 Å². The molecule has 0 saturated carbocycles. The second-order valence-corrected chi connectivity index (χ2v) is 6.63. The third-order valence-corrected chi connectivity index (χ3v) is 4.80. The van der Waals surface area contributed by atoms with Gasteiger partial charge in [0.15, 0.2) is 5.65 Å². The average Bonchev–Trinajstić information content (AvgIpc) is 3.12. The van der Waals surface area contributed by atoms with Gasteiger partial charge in [-0.15, -0.1) is 15.3 Å². The molecule has 0 amide bonds. The minimum atomic E-state index is -2.74. The standard InChI is InChI=1S/C18H18F4N6/c19-16(20)13-3-1-12(2-4-13)11-26-7-9-27(10-8-26)15-6-5-14-23-24-18(17(21)22)28(14)25-15/h1-6,16-17H,7-11H2. The highest BCUT2D eigenvalue weighted by atomic mass is 19.3. The number of fused-ring (bicyclic) bond motifs is 1. The van der Waals surface area contributed by atoms with Crippen molar-refractivity contribution < 1.29 is 17.6 Å². The number of hydrogen-bond acceptors (Lipinski definition) is 5. The van der Waals surface area contributed by atoms with Crippen LogP contribution in [0.5, 0.6) is 0 Å². The zero-order chi connectivity index (χ0) is 19.7. The van der Waals surface area contributed by atoms with Gasteiger partial charge in [0.1, 0.15) is 5.82 Å². The zero-order valence-corrected chi connectivity index (χ0v) is 14.8. The molecule has 1 aliphatic rings. The summed E-state index contributed by atoms with van der Waals surface area (Å²) in [4.78, 5) is 4.24. The van der Waals surface area contributed by atoms with Gasteiger partial charge in [-0.1, -0.05) is 24.3 Å². The van der Waals surface area contributed by atoms with Crippen LogP contribution in [0.15, 0.2) is 36.4 Å². The van der Waals surface area contributed by atoms with Gasteiger partial charge in [-0.3, -0.25) is 4.90 Å². The minimum absolute atomic E-state index is 0.0206. The number of anilines is 1. The second-order valence-electron chi connectivity index (χ2n) is 6.63. The van der Waals surface area contributed by atoms with Gasteiger partial charge in [0, 0.05) is 38.3 Å². The van der Waals surface area contributed by atoms with Gasteiger partial charge in [0.05, 0.1) is 0 Å². The minimum Gasteiger partial charge on any atom is -0.353 e. The molecule has 0 N–H and O–H groups in total. The first-order valence-electron chi connectivity index (χ1n) is 8.86. The molecule has 10 heteroatoms. The van der Waals surface area contributed by atoms with Crippen molar-refractivity contribution in [2.24, 2.45) is 0 Å². The Kier molecular flexibility index (Phi) is 5.12. The summed E-state index contributed by atoms with van der Waals surface area (Å²) in [7, 11) is 0. The van der Waals surface area contributed by atoms with Crippen molar-refractivity contribution in [1.29, 1.82) is 0 Å². The average molecular weight is 394 g/mol. The molecular formula is C18H18F4N6. The summed E-state index contributed by atoms with van der Waals surface area (Å²) in [6.45, 7) is 3.53. The maximum absolute atomic E-state index is 13.0. The van der Waals surface area contributed by atoms with Crippen molar-refractivity contribution >= 4 is 11.5 Å². The normalized spacial score (nSPS) is 15.9. The van der Waals surface area contributed by atoms with Gasteiger partial charge in [-0.2, -0.15) is 4.52 Å². The highest BCUT2D eigenvalue weighted by Gasteiger charge is 2.21. The van der Waals surface area contributed by atoms with E-state index in [1.165, 1.54) is 12.1 Å². The van der Waals surface area contributed by atoms with E-state index in [9.17, 15) is 17.6 Å². The number of hydrogen-bond donors (Lipinski definition) is 0. The third-order valence-electron chi connectivity index (χ3n) is 4.80. The molecule has 4 rings (SSSR count). The first-order valence-corrected chi connectivity index (χ1v) is 8.86. The fourth-order valence-corrected chi connectivity index (χ4v) is 3.26. The van der Waals surface area contributed by atoms with E-state index in [4.69, 9.17) is 0 Å². The predicted molar refractivity (Wildman–Crippen MR) is 94.6 cm³/mol. The Labute approximate surface area is 158 Å². The molecule has 1 aliphatic heterocycles. The van der Waals surface area contributed by atoms with Crippen LogP contribution in [0.25, 0.3) is 5.65 Å². The van der Waals surface area contributed by atoms with Gasteiger partial charge < -0.3 is 4.90 Å². The van der Waals surface area contributed by atoms with Crippen molar-refractivity contribution in [1.82, 2.24) is 24.7 Å². The predicted octanol–water partition coefficient (Wildman–Crippen LogP) is 3.32. The Bertz CT molecular complexity index is 935. The topological polar surface area (TPSA) is 49.6 Å². The number of benzene rings is 1. The van der Waals surface area contributed by atoms with Gasteiger partial charge in [-0.05, 0) is 17.7 Å². The maximum Gasteiger partial charge on any atom is 0.299 e. The van der Waals surface area contributed by atoms with Gasteiger partial charge >= 0.3 is 0 Å². The molecule has 3 heterocycles. The fraction of sp³-hybridized carbons (Fsp3) is 0.389. The summed E-state index contributed by atoms with van der Waals surface area (Å²) in [5.74, 6) is 0.123. The van der Waals surface area contributed by atoms with Crippen LogP contribution in [0.2, 0.25) is 0 Å². The smallest absolute Gasteiger partial charge is 0.299 e. The molecule has 0 atom stereocenters. The first kappa shape index (κ1) is 18.6. The second kappa shape index (κ2) is 7.70. The molecule has 0 radical (unpaired) electrons. The Hall–Kier alpha value is -2.75. The lowest BCUT2D eigenvalue weighted by Gasteiger charge is -2.35. The van der Waals surface area contributed by atoms with Gasteiger partial charge in [0.2, 0.25) is 5.82 Å². The van der Waals surface area contributed by atoms with E-state index in [2.05, 4.69) is 20.2 Å². The number of nitrogens with zero attached hydrogens (tertiary/aromatic N) is 6. The molecule has 2 aromatic heterocycles. The summed E-state index contributed by atoms with van der Waals surface area (Å²) in [6.07, 6.45) is -5.20. The van der Waals surface area contributed by atoms with E-state index in [0.29, 0.717) is 25.5 Å². The SMILES string of the molecule is FC(F)c1ccc(CN2CCN(c3ccc4nnc(C(F)F)n4n3)CC2)cc1. The highest BCUT2D eigenvalue weighted by Crippen LogP contribution is 2.21. The van der Waals surface area contributed by atoms with Crippen molar-refractivity contribution in [3.05, 3.63) is 53.3 Å². The lowest BCUT2D eigenvalue weighted by molar-refractivity contribution is 0.137. The highest BCUT2D eigenvalue weighted by molar-refractivity contribution is 5.46. The summed E-state index contributed by atoms with van der Waals surface area (Å²) in [6, 6.07) is 9.73. The molecule has 0 aliphatic carbocycles. The van der Waals surface area contributed by atoms with E-state index in [1.807, 2.05) is 4.90 Å². The summed E-state index contributed by atoms with van der Waals surface area (Å²) in [5, 5.41) is 11.4. The fourth-order valence-electron chi connectivity index (χ4n) is 3.26. The van der Waals surface area contributed by atoms with Crippen molar-refractivity contribution in [2.45, 2.75) is 19.4 Å². The van der Waals surface area contributed by atoms with Crippen molar-refractivity contribution in [3.63, 3.8) is 0 Å². The number of rotatable bonds is 5. The number of piperazine rings is 1. The Balaban J connectivity index is 1.40. The molecule has 1 saturated heterocycles. The summed E-state index contributed by atoms with van der Waals surface area (Å²) >= 11 is 0. The van der Waals surface area contributed by atoms with Crippen molar-refractivity contribution in [2.75, 3.05) is 31.1 Å².